The third-order valence-corrected chi connectivity index (χ3v) is 6.58. The van der Waals surface area contributed by atoms with E-state index in [-0.39, 0.29) is 11.3 Å². The molecule has 7 nitrogen and oxygen atoms in total. The predicted molar refractivity (Wildman–Crippen MR) is 149 cm³/mol. The molecule has 196 valence electrons. The molecule has 0 aliphatic carbocycles. The lowest BCUT2D eigenvalue weighted by Crippen LogP contribution is -2.29. The van der Waals surface area contributed by atoms with Crippen molar-refractivity contribution in [2.75, 3.05) is 11.5 Å². The number of rotatable bonds is 8. The molecule has 1 N–H and O–H groups in total. The van der Waals surface area contributed by atoms with E-state index in [2.05, 4.69) is 4.98 Å². The summed E-state index contributed by atoms with van der Waals surface area (Å²) in [6.07, 6.45) is 3.19. The molecular weight excluding hydrogens is 492 g/mol. The van der Waals surface area contributed by atoms with E-state index in [1.807, 2.05) is 44.2 Å². The van der Waals surface area contributed by atoms with Crippen LogP contribution in [-0.2, 0) is 16.2 Å². The van der Waals surface area contributed by atoms with E-state index in [4.69, 9.17) is 9.47 Å². The average Bonchev–Trinajstić information content (AvgIpc) is 3.23. The number of Topliss-reactive ketones (excluding diaryl/α,β-unsaturated/α-hetero) is 1. The lowest BCUT2D eigenvalue weighted by Gasteiger charge is -2.25. The van der Waals surface area contributed by atoms with Crippen molar-refractivity contribution in [1.82, 2.24) is 4.98 Å². The van der Waals surface area contributed by atoms with Gasteiger partial charge in [-0.3, -0.25) is 19.5 Å². The van der Waals surface area contributed by atoms with Gasteiger partial charge in [-0.25, -0.2) is 0 Å². The van der Waals surface area contributed by atoms with Gasteiger partial charge in [-0.2, -0.15) is 0 Å². The number of ether oxygens (including phenoxy) is 2. The van der Waals surface area contributed by atoms with Gasteiger partial charge in [-0.15, -0.1) is 0 Å². The van der Waals surface area contributed by atoms with Crippen molar-refractivity contribution in [3.63, 3.8) is 0 Å². The quantitative estimate of drug-likeness (QED) is 0.174. The largest absolute Gasteiger partial charge is 0.507 e. The third kappa shape index (κ3) is 5.25. The maximum Gasteiger partial charge on any atom is 0.300 e. The van der Waals surface area contributed by atoms with Crippen LogP contribution in [0.1, 0.15) is 35.2 Å². The zero-order valence-corrected chi connectivity index (χ0v) is 21.7. The van der Waals surface area contributed by atoms with Crippen LogP contribution in [0.25, 0.3) is 5.76 Å². The van der Waals surface area contributed by atoms with Crippen LogP contribution in [0.3, 0.4) is 0 Å². The Kier molecular flexibility index (Phi) is 7.41. The van der Waals surface area contributed by atoms with Crippen LogP contribution in [0.4, 0.5) is 5.69 Å². The summed E-state index contributed by atoms with van der Waals surface area (Å²) in [5.74, 6) is -0.409. The number of benzene rings is 3. The maximum absolute atomic E-state index is 13.4. The van der Waals surface area contributed by atoms with Crippen molar-refractivity contribution in [3.05, 3.63) is 125 Å². The zero-order chi connectivity index (χ0) is 27.4. The van der Waals surface area contributed by atoms with Gasteiger partial charge in [0.25, 0.3) is 11.7 Å². The van der Waals surface area contributed by atoms with Crippen molar-refractivity contribution in [2.45, 2.75) is 26.5 Å². The number of amides is 1. The summed E-state index contributed by atoms with van der Waals surface area (Å²) in [6, 6.07) is 24.6. The first-order valence-corrected chi connectivity index (χ1v) is 12.7. The van der Waals surface area contributed by atoms with Crippen molar-refractivity contribution in [1.29, 1.82) is 0 Å². The lowest BCUT2D eigenvalue weighted by atomic mass is 9.95. The first-order chi connectivity index (χ1) is 19.0. The summed E-state index contributed by atoms with van der Waals surface area (Å²) < 4.78 is 11.5. The topological polar surface area (TPSA) is 89.0 Å². The highest BCUT2D eigenvalue weighted by molar-refractivity contribution is 6.51. The molecule has 1 fully saturated rings. The molecule has 2 heterocycles. The monoisotopic (exact) mass is 520 g/mol. The predicted octanol–water partition coefficient (Wildman–Crippen LogP) is 5.99. The third-order valence-electron chi connectivity index (χ3n) is 6.58. The molecule has 0 radical (unpaired) electrons. The molecule has 1 amide bonds. The van der Waals surface area contributed by atoms with Crippen LogP contribution < -0.4 is 14.4 Å². The number of aromatic nitrogens is 1. The van der Waals surface area contributed by atoms with Crippen LogP contribution in [-0.4, -0.2) is 28.4 Å². The number of carbonyl (C=O) groups is 2. The Bertz CT molecular complexity index is 1520. The summed E-state index contributed by atoms with van der Waals surface area (Å²) in [6.45, 7) is 4.67. The Labute approximate surface area is 227 Å². The fraction of sp³-hybridized carbons (Fsp3) is 0.156. The summed E-state index contributed by atoms with van der Waals surface area (Å²) in [5, 5.41) is 11.4. The fourth-order valence-electron chi connectivity index (χ4n) is 4.68. The van der Waals surface area contributed by atoms with Gasteiger partial charge in [0, 0.05) is 23.6 Å². The number of nitrogens with zero attached hydrogens (tertiary/aromatic N) is 2. The lowest BCUT2D eigenvalue weighted by molar-refractivity contribution is -0.132. The molecule has 1 unspecified atom stereocenters. The number of aliphatic hydroxyl groups is 1. The summed E-state index contributed by atoms with van der Waals surface area (Å²) in [4.78, 5) is 32.2. The average molecular weight is 521 g/mol. The van der Waals surface area contributed by atoms with Crippen LogP contribution in [0.2, 0.25) is 0 Å². The minimum absolute atomic E-state index is 0.0115. The number of aliphatic hydroxyl groups excluding tert-OH is 1. The molecule has 0 bridgehead atoms. The highest BCUT2D eigenvalue weighted by Gasteiger charge is 2.47. The Balaban J connectivity index is 1.52. The number of anilines is 1. The molecule has 1 aliphatic heterocycles. The minimum atomic E-state index is -0.833. The van der Waals surface area contributed by atoms with Crippen molar-refractivity contribution >= 4 is 23.1 Å². The van der Waals surface area contributed by atoms with Crippen LogP contribution >= 0.6 is 0 Å². The molecule has 0 saturated carbocycles. The molecule has 4 aromatic rings. The summed E-state index contributed by atoms with van der Waals surface area (Å²) in [5.41, 5.74) is 3.42. The van der Waals surface area contributed by atoms with Crippen LogP contribution in [0.5, 0.6) is 11.5 Å². The van der Waals surface area contributed by atoms with Gasteiger partial charge in [0.05, 0.1) is 18.2 Å². The minimum Gasteiger partial charge on any atom is -0.507 e. The molecule has 5 rings (SSSR count). The standard InChI is InChI=1S/C32H28N2O5/c1-3-38-26-12-10-25(11-13-26)34-29(23-15-17-33-18-16-23)28(31(36)32(34)37)30(35)24-9-14-27(21(2)19-24)39-20-22-7-5-4-6-8-22/h4-19,29,35H,3,20H2,1-2H3/b30-28-. The fourth-order valence-corrected chi connectivity index (χ4v) is 4.68. The normalized spacial score (nSPS) is 16.4. The van der Waals surface area contributed by atoms with Gasteiger partial charge in [0.1, 0.15) is 23.9 Å². The molecule has 1 saturated heterocycles. The van der Waals surface area contributed by atoms with E-state index in [0.29, 0.717) is 41.5 Å². The van der Waals surface area contributed by atoms with Gasteiger partial charge >= 0.3 is 0 Å². The van der Waals surface area contributed by atoms with Gasteiger partial charge in [0.2, 0.25) is 0 Å². The first kappa shape index (κ1) is 25.7. The number of hydrogen-bond acceptors (Lipinski definition) is 6. The molecular formula is C32H28N2O5. The van der Waals surface area contributed by atoms with E-state index < -0.39 is 17.7 Å². The highest BCUT2D eigenvalue weighted by Crippen LogP contribution is 2.42. The molecule has 1 aliphatic rings. The second-order valence-electron chi connectivity index (χ2n) is 9.13. The molecule has 39 heavy (non-hydrogen) atoms. The van der Waals surface area contributed by atoms with E-state index in [0.717, 1.165) is 11.1 Å². The van der Waals surface area contributed by atoms with Gasteiger partial charge in [-0.1, -0.05) is 30.3 Å². The number of aryl methyl sites for hydroxylation is 1. The number of hydrogen-bond donors (Lipinski definition) is 1. The van der Waals surface area contributed by atoms with Crippen LogP contribution in [0.15, 0.2) is 103 Å². The number of pyridine rings is 1. The van der Waals surface area contributed by atoms with Gasteiger partial charge < -0.3 is 14.6 Å². The molecule has 1 aromatic heterocycles. The van der Waals surface area contributed by atoms with Crippen molar-refractivity contribution in [3.8, 4) is 11.5 Å². The Morgan fingerprint density at radius 1 is 0.923 bits per heavy atom. The van der Waals surface area contributed by atoms with E-state index in [9.17, 15) is 14.7 Å². The first-order valence-electron chi connectivity index (χ1n) is 12.7. The van der Waals surface area contributed by atoms with Gasteiger partial charge in [-0.05, 0) is 85.1 Å². The van der Waals surface area contributed by atoms with E-state index >= 15 is 0 Å². The van der Waals surface area contributed by atoms with Crippen molar-refractivity contribution in [2.24, 2.45) is 0 Å². The Morgan fingerprint density at radius 3 is 2.31 bits per heavy atom. The van der Waals surface area contributed by atoms with E-state index in [1.165, 1.54) is 4.90 Å². The number of carbonyl (C=O) groups excluding carboxylic acids is 2. The molecule has 1 atom stereocenters. The van der Waals surface area contributed by atoms with Gasteiger partial charge in [0.15, 0.2) is 0 Å². The SMILES string of the molecule is CCOc1ccc(N2C(=O)C(=O)/C(=C(\O)c3ccc(OCc4ccccc4)c(C)c3)C2c2ccncc2)cc1. The molecule has 0 spiro atoms. The maximum atomic E-state index is 13.4. The van der Waals surface area contributed by atoms with Crippen molar-refractivity contribution < 1.29 is 24.2 Å². The zero-order valence-electron chi connectivity index (χ0n) is 21.7. The molecule has 3 aromatic carbocycles. The molecule has 7 heteroatoms. The summed E-state index contributed by atoms with van der Waals surface area (Å²) >= 11 is 0. The summed E-state index contributed by atoms with van der Waals surface area (Å²) in [7, 11) is 0. The Morgan fingerprint density at radius 2 is 1.64 bits per heavy atom. The highest BCUT2D eigenvalue weighted by atomic mass is 16.5. The second kappa shape index (κ2) is 11.2. The Hall–Kier alpha value is -4.91. The second-order valence-corrected chi connectivity index (χ2v) is 9.13. The van der Waals surface area contributed by atoms with Crippen LogP contribution in [0, 0.1) is 6.92 Å². The van der Waals surface area contributed by atoms with E-state index in [1.54, 1.807) is 67.0 Å². The smallest absolute Gasteiger partial charge is 0.300 e. The number of ketones is 1.